The van der Waals surface area contributed by atoms with Crippen molar-refractivity contribution in [2.45, 2.75) is 70.4 Å². The third-order valence-electron chi connectivity index (χ3n) is 10.6. The monoisotopic (exact) mass is 762 g/mol. The molecular weight excluding hydrogens is 713 g/mol. The van der Waals surface area contributed by atoms with Crippen LogP contribution in [0, 0.1) is 18.8 Å². The maximum atomic E-state index is 14.1. The molecular formula is C41H49F3N6O5. The molecule has 0 unspecified atom stereocenters. The van der Waals surface area contributed by atoms with Crippen molar-refractivity contribution >= 4 is 11.8 Å². The Kier molecular flexibility index (Phi) is 12.3. The molecule has 11 nitrogen and oxygen atoms in total. The molecule has 55 heavy (non-hydrogen) atoms. The number of piperazine rings is 1. The number of carbonyl (C=O) groups is 2. The summed E-state index contributed by atoms with van der Waals surface area (Å²) in [5.74, 6) is -0.0103. The Morgan fingerprint density at radius 2 is 1.78 bits per heavy atom. The van der Waals surface area contributed by atoms with Crippen LogP contribution in [0.25, 0.3) is 11.3 Å². The van der Waals surface area contributed by atoms with Crippen LogP contribution >= 0.6 is 0 Å². The molecule has 0 aliphatic carbocycles. The summed E-state index contributed by atoms with van der Waals surface area (Å²) in [6.07, 6.45) is -1.93. The average Bonchev–Trinajstić information content (AvgIpc) is 3.57. The molecule has 4 aromatic rings. The minimum absolute atomic E-state index is 0.000100. The van der Waals surface area contributed by atoms with Crippen LogP contribution in [-0.4, -0.2) is 94.3 Å². The van der Waals surface area contributed by atoms with Gasteiger partial charge in [0.1, 0.15) is 18.3 Å². The molecule has 2 amide bonds. The van der Waals surface area contributed by atoms with Gasteiger partial charge in [0, 0.05) is 61.5 Å². The number of nitrogens with one attached hydrogen (secondary N) is 2. The summed E-state index contributed by atoms with van der Waals surface area (Å²) < 4.78 is 52.0. The Hall–Kier alpha value is -4.79. The molecule has 1 fully saturated rings. The topological polar surface area (TPSA) is 133 Å². The van der Waals surface area contributed by atoms with Crippen molar-refractivity contribution < 1.29 is 37.0 Å². The molecule has 294 valence electrons. The second kappa shape index (κ2) is 16.9. The first-order valence-electron chi connectivity index (χ1n) is 18.7. The number of β-amino-alcohol motifs (C(OH)–C–C–N with tert-alkyl or cyclic N) is 1. The van der Waals surface area contributed by atoms with Gasteiger partial charge < -0.3 is 24.9 Å². The second-order valence-electron chi connectivity index (χ2n) is 15.1. The highest BCUT2D eigenvalue weighted by Crippen LogP contribution is 2.36. The fourth-order valence-corrected chi connectivity index (χ4v) is 7.50. The Balaban J connectivity index is 1.19. The molecule has 2 aliphatic heterocycles. The van der Waals surface area contributed by atoms with E-state index in [2.05, 4.69) is 15.6 Å². The van der Waals surface area contributed by atoms with Gasteiger partial charge in [0.25, 0.3) is 0 Å². The number of ether oxygens (including phenoxy) is 1. The number of amides is 2. The van der Waals surface area contributed by atoms with Crippen molar-refractivity contribution in [3.8, 4) is 17.1 Å². The summed E-state index contributed by atoms with van der Waals surface area (Å²) in [4.78, 5) is 40.2. The minimum atomic E-state index is -4.60. The third-order valence-corrected chi connectivity index (χ3v) is 10.6. The number of aliphatic hydroxyl groups excluding tert-OH is 1. The fraction of sp³-hybridized carbons (Fsp3) is 0.463. The lowest BCUT2D eigenvalue weighted by atomic mass is 9.89. The zero-order valence-electron chi connectivity index (χ0n) is 31.6. The molecule has 14 heteroatoms. The number of aliphatic hydroxyl groups is 1. The predicted molar refractivity (Wildman–Crippen MR) is 200 cm³/mol. The van der Waals surface area contributed by atoms with E-state index in [1.54, 1.807) is 23.4 Å². The predicted octanol–water partition coefficient (Wildman–Crippen LogP) is 5.44. The highest BCUT2D eigenvalue weighted by molar-refractivity contribution is 5.82. The Morgan fingerprint density at radius 1 is 1.04 bits per heavy atom. The van der Waals surface area contributed by atoms with Gasteiger partial charge in [-0.3, -0.25) is 24.4 Å². The van der Waals surface area contributed by atoms with Crippen molar-refractivity contribution in [2.24, 2.45) is 11.8 Å². The van der Waals surface area contributed by atoms with Gasteiger partial charge in [-0.25, -0.2) is 4.98 Å². The molecule has 0 spiro atoms. The molecule has 2 aromatic heterocycles. The molecule has 0 bridgehead atoms. The minimum Gasteiger partial charge on any atom is -0.493 e. The maximum absolute atomic E-state index is 14.1. The van der Waals surface area contributed by atoms with E-state index in [4.69, 9.17) is 14.1 Å². The van der Waals surface area contributed by atoms with Crippen LogP contribution in [0.3, 0.4) is 0 Å². The SMILES string of the molecule is Cc1nc(C(C)(C)N2CCN(C[C@@H](O)C[C@@H](Cc3ccccc3)C(=O)N[C@H]3c4ccccc4OC[C@H]3C)[C@H](C(=O)NCC(F)(F)F)C2)oc1-c1cccnc1. The summed E-state index contributed by atoms with van der Waals surface area (Å²) in [5.41, 5.74) is 2.36. The van der Waals surface area contributed by atoms with E-state index < -0.39 is 42.2 Å². The van der Waals surface area contributed by atoms with Crippen LogP contribution < -0.4 is 15.4 Å². The van der Waals surface area contributed by atoms with Gasteiger partial charge in [0.2, 0.25) is 17.7 Å². The van der Waals surface area contributed by atoms with E-state index in [-0.39, 0.29) is 43.9 Å². The van der Waals surface area contributed by atoms with Gasteiger partial charge in [-0.1, -0.05) is 55.5 Å². The van der Waals surface area contributed by atoms with Crippen LogP contribution in [0.5, 0.6) is 5.75 Å². The lowest BCUT2D eigenvalue weighted by Gasteiger charge is -2.46. The summed E-state index contributed by atoms with van der Waals surface area (Å²) in [7, 11) is 0. The maximum Gasteiger partial charge on any atom is 0.405 e. The van der Waals surface area contributed by atoms with E-state index in [0.717, 1.165) is 22.4 Å². The average molecular weight is 763 g/mol. The number of hydrogen-bond acceptors (Lipinski definition) is 9. The number of rotatable bonds is 13. The van der Waals surface area contributed by atoms with Crippen LogP contribution in [0.2, 0.25) is 0 Å². The highest BCUT2D eigenvalue weighted by atomic mass is 19.4. The van der Waals surface area contributed by atoms with Gasteiger partial charge in [-0.15, -0.1) is 0 Å². The zero-order valence-corrected chi connectivity index (χ0v) is 31.6. The number of pyridine rings is 1. The highest BCUT2D eigenvalue weighted by Gasteiger charge is 2.43. The summed E-state index contributed by atoms with van der Waals surface area (Å²) >= 11 is 0. The van der Waals surface area contributed by atoms with Crippen molar-refractivity contribution in [3.05, 3.63) is 102 Å². The van der Waals surface area contributed by atoms with Gasteiger partial charge in [-0.05, 0) is 57.4 Å². The van der Waals surface area contributed by atoms with E-state index >= 15 is 0 Å². The number of para-hydroxylation sites is 1. The number of alkyl halides is 3. The van der Waals surface area contributed by atoms with Crippen molar-refractivity contribution in [2.75, 3.05) is 39.3 Å². The summed E-state index contributed by atoms with van der Waals surface area (Å²) in [5, 5.41) is 16.9. The standard InChI is InChI=1S/C41H49F3N6O5/c1-26-24-54-34-15-9-8-14-32(34)35(26)48-37(52)30(19-28-11-6-5-7-12-28)20-31(51)22-49-17-18-50(23-33(49)38(53)46-25-41(42,43)44)40(3,4)39-47-27(2)36(55-39)29-13-10-16-45-21-29/h5-16,21,26,30-31,33,35,51H,17-20,22-25H2,1-4H3,(H,46,53)(H,48,52)/t26-,30-,31+,33+,35-/m1/s1. The molecule has 1 saturated heterocycles. The summed E-state index contributed by atoms with van der Waals surface area (Å²) in [6.45, 7) is 7.25. The molecule has 0 saturated carbocycles. The number of carbonyl (C=O) groups excluding carboxylic acids is 2. The normalized spacial score (nSPS) is 20.5. The van der Waals surface area contributed by atoms with E-state index in [0.29, 0.717) is 36.9 Å². The van der Waals surface area contributed by atoms with Crippen molar-refractivity contribution in [1.82, 2.24) is 30.4 Å². The molecule has 2 aromatic carbocycles. The van der Waals surface area contributed by atoms with Crippen LogP contribution in [0.1, 0.15) is 55.9 Å². The molecule has 3 N–H and O–H groups in total. The van der Waals surface area contributed by atoms with Crippen molar-refractivity contribution in [1.29, 1.82) is 0 Å². The molecule has 6 rings (SSSR count). The Bertz CT molecular complexity index is 1910. The number of nitrogens with zero attached hydrogens (tertiary/aromatic N) is 4. The van der Waals surface area contributed by atoms with E-state index in [9.17, 15) is 27.9 Å². The lowest BCUT2D eigenvalue weighted by molar-refractivity contribution is -0.144. The van der Waals surface area contributed by atoms with Crippen LogP contribution in [-0.2, 0) is 21.5 Å². The molecule has 4 heterocycles. The summed E-state index contributed by atoms with van der Waals surface area (Å²) in [6, 6.07) is 19.4. The van der Waals surface area contributed by atoms with E-state index in [1.807, 2.05) is 93.3 Å². The van der Waals surface area contributed by atoms with E-state index in [1.165, 1.54) is 0 Å². The zero-order chi connectivity index (χ0) is 39.3. The first kappa shape index (κ1) is 39.9. The Morgan fingerprint density at radius 3 is 2.51 bits per heavy atom. The second-order valence-corrected chi connectivity index (χ2v) is 15.1. The van der Waals surface area contributed by atoms with Gasteiger partial charge >= 0.3 is 6.18 Å². The van der Waals surface area contributed by atoms with Gasteiger partial charge in [0.15, 0.2) is 5.76 Å². The molecule has 0 radical (unpaired) electrons. The first-order chi connectivity index (χ1) is 26.2. The fourth-order valence-electron chi connectivity index (χ4n) is 7.50. The molecule has 2 aliphatic rings. The number of aromatic nitrogens is 2. The third kappa shape index (κ3) is 9.72. The Labute approximate surface area is 319 Å². The number of hydrogen-bond donors (Lipinski definition) is 3. The molecule has 5 atom stereocenters. The van der Waals surface area contributed by atoms with Gasteiger partial charge in [-0.2, -0.15) is 13.2 Å². The number of oxazole rings is 1. The van der Waals surface area contributed by atoms with Crippen molar-refractivity contribution in [3.63, 3.8) is 0 Å². The number of halogens is 3. The quantitative estimate of drug-likeness (QED) is 0.163. The first-order valence-corrected chi connectivity index (χ1v) is 18.7. The number of benzene rings is 2. The van der Waals surface area contributed by atoms with Crippen LogP contribution in [0.15, 0.2) is 83.5 Å². The smallest absolute Gasteiger partial charge is 0.405 e. The lowest BCUT2D eigenvalue weighted by Crippen LogP contribution is -2.63. The number of fused-ring (bicyclic) bond motifs is 1. The largest absolute Gasteiger partial charge is 0.493 e. The van der Waals surface area contributed by atoms with Gasteiger partial charge in [0.05, 0.1) is 30.0 Å². The number of aryl methyl sites for hydroxylation is 1. The van der Waals surface area contributed by atoms with Crippen LogP contribution in [0.4, 0.5) is 13.2 Å².